The minimum atomic E-state index is 0.000134. The number of hydrogen-bond acceptors (Lipinski definition) is 2. The summed E-state index contributed by atoms with van der Waals surface area (Å²) >= 11 is 0. The second-order valence-electron chi connectivity index (χ2n) is 7.11. The zero-order valence-electron chi connectivity index (χ0n) is 14.0. The summed E-state index contributed by atoms with van der Waals surface area (Å²) < 4.78 is 0. The SMILES string of the molecule is CN(Cc1ccncc1)C(=O)NC[C@@H]1C[C@]12CCc1ccccc12. The molecule has 2 amide bonds. The third-order valence-corrected chi connectivity index (χ3v) is 5.64. The summed E-state index contributed by atoms with van der Waals surface area (Å²) in [5, 5.41) is 3.12. The zero-order chi connectivity index (χ0) is 16.6. The number of nitrogens with one attached hydrogen (secondary N) is 1. The molecule has 0 aliphatic heterocycles. The maximum atomic E-state index is 12.3. The van der Waals surface area contributed by atoms with Gasteiger partial charge in [0.2, 0.25) is 0 Å². The van der Waals surface area contributed by atoms with E-state index in [0.717, 1.165) is 12.1 Å². The van der Waals surface area contributed by atoms with Gasteiger partial charge in [-0.05, 0) is 54.0 Å². The van der Waals surface area contributed by atoms with Crippen LogP contribution in [0.15, 0.2) is 48.8 Å². The largest absolute Gasteiger partial charge is 0.338 e. The van der Waals surface area contributed by atoms with E-state index in [4.69, 9.17) is 0 Å². The highest BCUT2D eigenvalue weighted by Crippen LogP contribution is 2.61. The fourth-order valence-corrected chi connectivity index (χ4v) is 4.18. The summed E-state index contributed by atoms with van der Waals surface area (Å²) in [4.78, 5) is 18.1. The first kappa shape index (κ1) is 15.2. The highest BCUT2D eigenvalue weighted by Gasteiger charge is 2.57. The van der Waals surface area contributed by atoms with Gasteiger partial charge in [-0.3, -0.25) is 4.98 Å². The average Bonchev–Trinajstić information content (AvgIpc) is 3.20. The molecule has 4 heteroatoms. The first-order valence-corrected chi connectivity index (χ1v) is 8.65. The predicted octanol–water partition coefficient (Wildman–Crippen LogP) is 3.13. The molecule has 1 aromatic carbocycles. The van der Waals surface area contributed by atoms with Gasteiger partial charge in [-0.25, -0.2) is 4.79 Å². The molecular weight excluding hydrogens is 298 g/mol. The Bertz CT molecular complexity index is 746. The van der Waals surface area contributed by atoms with E-state index in [1.807, 2.05) is 19.2 Å². The summed E-state index contributed by atoms with van der Waals surface area (Å²) in [6.07, 6.45) is 7.14. The Morgan fingerprint density at radius 3 is 2.92 bits per heavy atom. The van der Waals surface area contributed by atoms with Crippen LogP contribution in [0.25, 0.3) is 0 Å². The van der Waals surface area contributed by atoms with Crippen molar-refractivity contribution in [1.29, 1.82) is 0 Å². The van der Waals surface area contributed by atoms with Gasteiger partial charge in [-0.2, -0.15) is 0 Å². The summed E-state index contributed by atoms with van der Waals surface area (Å²) in [7, 11) is 1.84. The second kappa shape index (κ2) is 5.93. The summed E-state index contributed by atoms with van der Waals surface area (Å²) in [5.74, 6) is 0.583. The number of carbonyl (C=O) groups excluding carboxylic acids is 1. The lowest BCUT2D eigenvalue weighted by atomic mass is 9.95. The van der Waals surface area contributed by atoms with Crippen LogP contribution in [0.5, 0.6) is 0 Å². The Kier molecular flexibility index (Phi) is 3.75. The van der Waals surface area contributed by atoms with Gasteiger partial charge in [-0.1, -0.05) is 24.3 Å². The summed E-state index contributed by atoms with van der Waals surface area (Å²) in [6.45, 7) is 1.38. The van der Waals surface area contributed by atoms with Crippen LogP contribution >= 0.6 is 0 Å². The van der Waals surface area contributed by atoms with Crippen LogP contribution < -0.4 is 5.32 Å². The van der Waals surface area contributed by atoms with E-state index in [2.05, 4.69) is 34.6 Å². The van der Waals surface area contributed by atoms with Gasteiger partial charge in [0.25, 0.3) is 0 Å². The van der Waals surface area contributed by atoms with E-state index in [9.17, 15) is 4.79 Å². The number of rotatable bonds is 4. The molecule has 2 aliphatic rings. The van der Waals surface area contributed by atoms with Crippen LogP contribution in [0.4, 0.5) is 4.79 Å². The fraction of sp³-hybridized carbons (Fsp3) is 0.400. The number of aryl methyl sites for hydroxylation is 1. The van der Waals surface area contributed by atoms with Gasteiger partial charge in [0.05, 0.1) is 0 Å². The van der Waals surface area contributed by atoms with Crippen LogP contribution in [0, 0.1) is 5.92 Å². The van der Waals surface area contributed by atoms with E-state index < -0.39 is 0 Å². The number of carbonyl (C=O) groups is 1. The number of benzene rings is 1. The lowest BCUT2D eigenvalue weighted by Gasteiger charge is -2.19. The molecule has 4 nitrogen and oxygen atoms in total. The molecule has 1 saturated carbocycles. The molecule has 4 rings (SSSR count). The second-order valence-corrected chi connectivity index (χ2v) is 7.11. The third-order valence-electron chi connectivity index (χ3n) is 5.64. The highest BCUT2D eigenvalue weighted by molar-refractivity contribution is 5.74. The van der Waals surface area contributed by atoms with Gasteiger partial charge in [-0.15, -0.1) is 0 Å². The highest BCUT2D eigenvalue weighted by atomic mass is 16.2. The van der Waals surface area contributed by atoms with E-state index >= 15 is 0 Å². The summed E-state index contributed by atoms with van der Waals surface area (Å²) in [6, 6.07) is 12.7. The molecule has 0 radical (unpaired) electrons. The standard InChI is InChI=1S/C20H23N3O/c1-23(14-15-7-10-21-11-8-15)19(24)22-13-17-12-20(17)9-6-16-4-2-3-5-18(16)20/h2-5,7-8,10-11,17H,6,9,12-14H2,1H3,(H,22,24)/t17-,20+/m0/s1. The molecule has 0 bridgehead atoms. The zero-order valence-corrected chi connectivity index (χ0v) is 14.0. The van der Waals surface area contributed by atoms with E-state index in [1.165, 1.54) is 30.4 Å². The van der Waals surface area contributed by atoms with Gasteiger partial charge in [0.1, 0.15) is 0 Å². The molecule has 124 valence electrons. The molecule has 2 aromatic rings. The number of fused-ring (bicyclic) bond motifs is 2. The van der Waals surface area contributed by atoms with E-state index in [1.54, 1.807) is 17.3 Å². The summed E-state index contributed by atoms with van der Waals surface area (Å²) in [5.41, 5.74) is 4.46. The monoisotopic (exact) mass is 321 g/mol. The maximum absolute atomic E-state index is 12.3. The number of hydrogen-bond donors (Lipinski definition) is 1. The van der Waals surface area contributed by atoms with Crippen molar-refractivity contribution in [2.75, 3.05) is 13.6 Å². The molecule has 1 fully saturated rings. The Hall–Kier alpha value is -2.36. The van der Waals surface area contributed by atoms with Crippen molar-refractivity contribution in [2.45, 2.75) is 31.2 Å². The Balaban J connectivity index is 1.32. The van der Waals surface area contributed by atoms with Gasteiger partial charge < -0.3 is 10.2 Å². The van der Waals surface area contributed by atoms with Crippen LogP contribution in [-0.2, 0) is 18.4 Å². The Morgan fingerprint density at radius 2 is 2.08 bits per heavy atom. The van der Waals surface area contributed by atoms with Crippen molar-refractivity contribution in [2.24, 2.45) is 5.92 Å². The van der Waals surface area contributed by atoms with Gasteiger partial charge in [0, 0.05) is 37.9 Å². The van der Waals surface area contributed by atoms with Crippen molar-refractivity contribution < 1.29 is 4.79 Å². The van der Waals surface area contributed by atoms with Gasteiger partial charge >= 0.3 is 6.03 Å². The first-order chi connectivity index (χ1) is 11.7. The fourth-order valence-electron chi connectivity index (χ4n) is 4.18. The van der Waals surface area contributed by atoms with Crippen LogP contribution in [-0.4, -0.2) is 29.5 Å². The normalized spacial score (nSPS) is 23.8. The number of amides is 2. The number of pyridine rings is 1. The van der Waals surface area contributed by atoms with Crippen LogP contribution in [0.3, 0.4) is 0 Å². The van der Waals surface area contributed by atoms with Gasteiger partial charge in [0.15, 0.2) is 0 Å². The topological polar surface area (TPSA) is 45.2 Å². The Morgan fingerprint density at radius 1 is 1.29 bits per heavy atom. The molecule has 1 N–H and O–H groups in total. The number of aromatic nitrogens is 1. The molecule has 0 unspecified atom stereocenters. The molecule has 2 aliphatic carbocycles. The van der Waals surface area contributed by atoms with Crippen molar-refractivity contribution in [3.8, 4) is 0 Å². The molecule has 24 heavy (non-hydrogen) atoms. The number of urea groups is 1. The van der Waals surface area contributed by atoms with E-state index in [0.29, 0.717) is 17.9 Å². The van der Waals surface area contributed by atoms with Crippen molar-refractivity contribution in [1.82, 2.24) is 15.2 Å². The van der Waals surface area contributed by atoms with Crippen molar-refractivity contribution in [3.63, 3.8) is 0 Å². The molecule has 0 saturated heterocycles. The first-order valence-electron chi connectivity index (χ1n) is 8.65. The lowest BCUT2D eigenvalue weighted by molar-refractivity contribution is 0.206. The molecular formula is C20H23N3O. The maximum Gasteiger partial charge on any atom is 0.317 e. The molecule has 1 spiro atoms. The molecule has 1 aromatic heterocycles. The predicted molar refractivity (Wildman–Crippen MR) is 93.7 cm³/mol. The average molecular weight is 321 g/mol. The van der Waals surface area contributed by atoms with Crippen LogP contribution in [0.2, 0.25) is 0 Å². The molecule has 1 heterocycles. The minimum Gasteiger partial charge on any atom is -0.338 e. The lowest BCUT2D eigenvalue weighted by Crippen LogP contribution is -2.38. The third kappa shape index (κ3) is 2.66. The van der Waals surface area contributed by atoms with Crippen molar-refractivity contribution >= 4 is 6.03 Å². The smallest absolute Gasteiger partial charge is 0.317 e. The Labute approximate surface area is 142 Å². The number of nitrogens with zero attached hydrogens (tertiary/aromatic N) is 2. The minimum absolute atomic E-state index is 0.000134. The van der Waals surface area contributed by atoms with Crippen molar-refractivity contribution in [3.05, 3.63) is 65.5 Å². The quantitative estimate of drug-likeness (QED) is 0.940. The van der Waals surface area contributed by atoms with E-state index in [-0.39, 0.29) is 6.03 Å². The molecule has 2 atom stereocenters. The van der Waals surface area contributed by atoms with Crippen LogP contribution in [0.1, 0.15) is 29.5 Å².